The molecule has 0 bridgehead atoms. The van der Waals surface area contributed by atoms with E-state index in [1.807, 2.05) is 0 Å². The smallest absolute Gasteiger partial charge is 0.338 e. The molecule has 9 atom stereocenters. The Bertz CT molecular complexity index is 957. The van der Waals surface area contributed by atoms with Crippen molar-refractivity contribution in [1.82, 2.24) is 0 Å². The summed E-state index contributed by atoms with van der Waals surface area (Å²) in [5.41, 5.74) is 14.3. The van der Waals surface area contributed by atoms with Crippen LogP contribution in [0, 0.1) is 46.3 Å². The zero-order chi connectivity index (χ0) is 26.4. The molecule has 4 fully saturated rings. The fourth-order valence-corrected chi connectivity index (χ4v) is 10.2. The van der Waals surface area contributed by atoms with Gasteiger partial charge in [0.2, 0.25) is 0 Å². The first-order valence-corrected chi connectivity index (χ1v) is 15.5. The average molecular weight is 509 g/mol. The predicted octanol–water partition coefficient (Wildman–Crippen LogP) is 8.25. The van der Waals surface area contributed by atoms with Crippen molar-refractivity contribution >= 4 is 17.3 Å². The number of hydrogen-bond acceptors (Lipinski definition) is 4. The normalized spacial score (nSPS) is 39.8. The van der Waals surface area contributed by atoms with Gasteiger partial charge in [0.25, 0.3) is 0 Å². The molecular weight excluding hydrogens is 456 g/mol. The highest BCUT2D eigenvalue weighted by Gasteiger charge is 2.60. The minimum atomic E-state index is -0.278. The van der Waals surface area contributed by atoms with E-state index in [9.17, 15) is 4.79 Å². The van der Waals surface area contributed by atoms with Crippen LogP contribution in [0.25, 0.3) is 0 Å². The van der Waals surface area contributed by atoms with Gasteiger partial charge < -0.3 is 16.2 Å². The zero-order valence-corrected chi connectivity index (χ0v) is 23.9. The van der Waals surface area contributed by atoms with E-state index in [1.165, 1.54) is 70.6 Å². The van der Waals surface area contributed by atoms with Gasteiger partial charge in [-0.25, -0.2) is 4.79 Å². The van der Waals surface area contributed by atoms with Crippen LogP contribution < -0.4 is 11.5 Å². The molecule has 206 valence electrons. The van der Waals surface area contributed by atoms with Crippen molar-refractivity contribution < 1.29 is 9.53 Å². The molecule has 0 radical (unpaired) electrons. The maximum absolute atomic E-state index is 12.9. The van der Waals surface area contributed by atoms with Gasteiger partial charge in [-0.15, -0.1) is 0 Å². The van der Waals surface area contributed by atoms with E-state index in [1.54, 1.807) is 18.2 Å². The number of nitrogen functional groups attached to an aromatic ring is 2. The van der Waals surface area contributed by atoms with Crippen LogP contribution in [0.15, 0.2) is 18.2 Å². The molecule has 37 heavy (non-hydrogen) atoms. The molecule has 0 aromatic heterocycles. The molecule has 4 N–H and O–H groups in total. The maximum Gasteiger partial charge on any atom is 0.338 e. The Hall–Kier alpha value is -1.71. The second kappa shape index (κ2) is 10.5. The lowest BCUT2D eigenvalue weighted by Crippen LogP contribution is -2.54. The highest BCUT2D eigenvalue weighted by atomic mass is 16.5. The van der Waals surface area contributed by atoms with E-state index in [2.05, 4.69) is 27.7 Å². The number of nitrogens with two attached hydrogens (primary N) is 2. The Morgan fingerprint density at radius 2 is 1.65 bits per heavy atom. The van der Waals surface area contributed by atoms with Gasteiger partial charge in [0.1, 0.15) is 6.10 Å². The highest BCUT2D eigenvalue weighted by Crippen LogP contribution is 2.68. The summed E-state index contributed by atoms with van der Waals surface area (Å²) in [7, 11) is 0. The molecule has 4 nitrogen and oxygen atoms in total. The van der Waals surface area contributed by atoms with Gasteiger partial charge in [-0.1, -0.05) is 53.4 Å². The van der Waals surface area contributed by atoms with Crippen LogP contribution in [0.5, 0.6) is 0 Å². The third kappa shape index (κ3) is 4.91. The number of carbonyl (C=O) groups is 1. The third-order valence-electron chi connectivity index (χ3n) is 12.1. The van der Waals surface area contributed by atoms with Crippen LogP contribution in [0.3, 0.4) is 0 Å². The largest absolute Gasteiger partial charge is 0.459 e. The fraction of sp³-hybridized carbons (Fsp3) is 0.788. The molecule has 0 aliphatic heterocycles. The first-order chi connectivity index (χ1) is 17.7. The molecule has 4 aliphatic rings. The minimum Gasteiger partial charge on any atom is -0.459 e. The molecule has 0 saturated heterocycles. The highest BCUT2D eigenvalue weighted by molar-refractivity contribution is 5.91. The summed E-state index contributed by atoms with van der Waals surface area (Å²) in [5.74, 6) is 4.88. The number of hydrogen-bond donors (Lipinski definition) is 2. The molecule has 0 spiro atoms. The number of ether oxygens (including phenoxy) is 1. The fourth-order valence-electron chi connectivity index (χ4n) is 10.2. The van der Waals surface area contributed by atoms with Crippen LogP contribution in [0.4, 0.5) is 11.4 Å². The number of carbonyl (C=O) groups excluding carboxylic acids is 1. The number of esters is 1. The zero-order valence-electron chi connectivity index (χ0n) is 23.9. The number of unbranched alkanes of at least 4 members (excludes halogenated alkanes) is 2. The van der Waals surface area contributed by atoms with Crippen molar-refractivity contribution in [1.29, 1.82) is 0 Å². The van der Waals surface area contributed by atoms with E-state index >= 15 is 0 Å². The van der Waals surface area contributed by atoms with Crippen molar-refractivity contribution in [2.75, 3.05) is 11.5 Å². The summed E-state index contributed by atoms with van der Waals surface area (Å²) >= 11 is 0. The first kappa shape index (κ1) is 26.9. The first-order valence-electron chi connectivity index (χ1n) is 15.5. The summed E-state index contributed by atoms with van der Waals surface area (Å²) in [4.78, 5) is 12.9. The van der Waals surface area contributed by atoms with E-state index in [0.717, 1.165) is 42.4 Å². The Morgan fingerprint density at radius 1 is 0.946 bits per heavy atom. The second-order valence-corrected chi connectivity index (χ2v) is 14.0. The van der Waals surface area contributed by atoms with E-state index in [-0.39, 0.29) is 12.1 Å². The average Bonchev–Trinajstić information content (AvgIpc) is 3.21. The van der Waals surface area contributed by atoms with Crippen LogP contribution in [-0.4, -0.2) is 12.1 Å². The summed E-state index contributed by atoms with van der Waals surface area (Å²) < 4.78 is 6.03. The maximum atomic E-state index is 12.9. The molecular formula is C33H52N2O2. The third-order valence-corrected chi connectivity index (χ3v) is 12.1. The van der Waals surface area contributed by atoms with E-state index in [4.69, 9.17) is 16.2 Å². The lowest BCUT2D eigenvalue weighted by molar-refractivity contribution is -0.130. The van der Waals surface area contributed by atoms with Gasteiger partial charge in [0.05, 0.1) is 5.56 Å². The molecule has 5 rings (SSSR count). The summed E-state index contributed by atoms with van der Waals surface area (Å²) in [5, 5.41) is 0. The minimum absolute atomic E-state index is 0.0125. The molecule has 0 amide bonds. The van der Waals surface area contributed by atoms with E-state index in [0.29, 0.717) is 33.7 Å². The van der Waals surface area contributed by atoms with Crippen LogP contribution in [-0.2, 0) is 4.74 Å². The van der Waals surface area contributed by atoms with Crippen LogP contribution >= 0.6 is 0 Å². The molecule has 9 unspecified atom stereocenters. The standard InChI is InChI=1S/C33H52N2O2/c1-5-6-7-8-21(2)28-11-12-29-27-10-9-23-19-26(37-31(36)22-17-24(34)20-25(35)18-22)13-15-32(23,3)30(27)14-16-33(28,29)4/h17-18,20-21,23,26-30H,5-16,19,34-35H2,1-4H3. The summed E-state index contributed by atoms with van der Waals surface area (Å²) in [6.07, 6.45) is 17.2. The SMILES string of the molecule is CCCCCC(C)C1CCC2C3CCC4CC(OC(=O)c5cc(N)cc(N)c5)CCC4(C)C3CCC12C. The molecule has 0 heterocycles. The van der Waals surface area contributed by atoms with Crippen molar-refractivity contribution in [2.45, 2.75) is 117 Å². The quantitative estimate of drug-likeness (QED) is 0.221. The lowest BCUT2D eigenvalue weighted by atomic mass is 9.44. The van der Waals surface area contributed by atoms with Crippen LogP contribution in [0.2, 0.25) is 0 Å². The topological polar surface area (TPSA) is 78.3 Å². The molecule has 4 heteroatoms. The van der Waals surface area contributed by atoms with Crippen molar-refractivity contribution in [2.24, 2.45) is 46.3 Å². The van der Waals surface area contributed by atoms with Gasteiger partial charge in [0, 0.05) is 11.4 Å². The van der Waals surface area contributed by atoms with Gasteiger partial charge in [-0.05, 0) is 122 Å². The lowest BCUT2D eigenvalue weighted by Gasteiger charge is -2.61. The monoisotopic (exact) mass is 508 g/mol. The second-order valence-electron chi connectivity index (χ2n) is 14.0. The van der Waals surface area contributed by atoms with Gasteiger partial charge in [-0.3, -0.25) is 0 Å². The number of anilines is 2. The number of fused-ring (bicyclic) bond motifs is 5. The summed E-state index contributed by atoms with van der Waals surface area (Å²) in [6, 6.07) is 5.03. The Balaban J connectivity index is 1.23. The number of rotatable bonds is 7. The number of benzene rings is 1. The Labute approximate surface area is 225 Å². The van der Waals surface area contributed by atoms with Gasteiger partial charge in [-0.2, -0.15) is 0 Å². The van der Waals surface area contributed by atoms with Crippen molar-refractivity contribution in [3.05, 3.63) is 23.8 Å². The molecule has 1 aromatic rings. The predicted molar refractivity (Wildman–Crippen MR) is 153 cm³/mol. The van der Waals surface area contributed by atoms with Gasteiger partial charge >= 0.3 is 5.97 Å². The molecule has 1 aromatic carbocycles. The Kier molecular flexibility index (Phi) is 7.59. The summed E-state index contributed by atoms with van der Waals surface area (Å²) in [6.45, 7) is 10.2. The molecule has 4 saturated carbocycles. The molecule has 4 aliphatic carbocycles. The van der Waals surface area contributed by atoms with Gasteiger partial charge in [0.15, 0.2) is 0 Å². The van der Waals surface area contributed by atoms with Crippen molar-refractivity contribution in [3.63, 3.8) is 0 Å². The van der Waals surface area contributed by atoms with Crippen molar-refractivity contribution in [3.8, 4) is 0 Å². The Morgan fingerprint density at radius 3 is 2.38 bits per heavy atom. The van der Waals surface area contributed by atoms with Crippen LogP contribution in [0.1, 0.15) is 122 Å². The van der Waals surface area contributed by atoms with E-state index < -0.39 is 0 Å².